The van der Waals surface area contributed by atoms with E-state index in [1.165, 1.54) is 30.4 Å². The summed E-state index contributed by atoms with van der Waals surface area (Å²) in [7, 11) is 1.75. The molecule has 1 aromatic rings. The first-order valence-electron chi connectivity index (χ1n) is 9.31. The number of methoxy groups -OCH3 is 1. The minimum atomic E-state index is -0.316. The first kappa shape index (κ1) is 15.0. The summed E-state index contributed by atoms with van der Waals surface area (Å²) in [5.74, 6) is 1.83. The Labute approximate surface area is 144 Å². The topological polar surface area (TPSA) is 27.7 Å². The number of benzene rings is 1. The van der Waals surface area contributed by atoms with Crippen molar-refractivity contribution in [2.24, 2.45) is 11.3 Å². The van der Waals surface area contributed by atoms with Crippen molar-refractivity contribution in [3.8, 4) is 5.75 Å². The molecule has 0 aromatic heterocycles. The highest BCUT2D eigenvalue weighted by atomic mass is 16.7. The predicted octanol–water partition coefficient (Wildman–Crippen LogP) is 4.21. The molecule has 4 aliphatic rings. The van der Waals surface area contributed by atoms with Gasteiger partial charge >= 0.3 is 0 Å². The van der Waals surface area contributed by atoms with E-state index in [1.54, 1.807) is 12.7 Å². The van der Waals surface area contributed by atoms with Gasteiger partial charge in [-0.25, -0.2) is 0 Å². The van der Waals surface area contributed by atoms with Crippen LogP contribution in [0.5, 0.6) is 5.75 Å². The summed E-state index contributed by atoms with van der Waals surface area (Å²) >= 11 is 0. The van der Waals surface area contributed by atoms with Gasteiger partial charge in [0.1, 0.15) is 5.75 Å². The SMILES string of the molecule is COc1ccc2c(c1)CC=C1C2CCC2(C)C1CCC21OCCO1. The summed E-state index contributed by atoms with van der Waals surface area (Å²) in [6, 6.07) is 6.63. The maximum atomic E-state index is 6.19. The van der Waals surface area contributed by atoms with Gasteiger partial charge in [-0.15, -0.1) is 0 Å². The lowest BCUT2D eigenvalue weighted by molar-refractivity contribution is -0.227. The van der Waals surface area contributed by atoms with Gasteiger partial charge in [-0.3, -0.25) is 0 Å². The number of allylic oxidation sites excluding steroid dienone is 2. The highest BCUT2D eigenvalue weighted by molar-refractivity contribution is 5.47. The quantitative estimate of drug-likeness (QED) is 0.723. The number of hydrogen-bond donors (Lipinski definition) is 0. The van der Waals surface area contributed by atoms with Crippen LogP contribution in [-0.4, -0.2) is 26.1 Å². The van der Waals surface area contributed by atoms with E-state index in [-0.39, 0.29) is 11.2 Å². The van der Waals surface area contributed by atoms with Crippen LogP contribution in [0, 0.1) is 11.3 Å². The third kappa shape index (κ3) is 1.80. The zero-order chi connectivity index (χ0) is 16.4. The molecule has 2 saturated carbocycles. The third-order valence-corrected chi connectivity index (χ3v) is 7.20. The van der Waals surface area contributed by atoms with Gasteiger partial charge in [0.15, 0.2) is 5.79 Å². The average molecular weight is 326 g/mol. The molecule has 1 saturated heterocycles. The fourth-order valence-electron chi connectivity index (χ4n) is 5.96. The van der Waals surface area contributed by atoms with Crippen LogP contribution in [0.2, 0.25) is 0 Å². The smallest absolute Gasteiger partial charge is 0.174 e. The van der Waals surface area contributed by atoms with Gasteiger partial charge in [-0.1, -0.05) is 24.6 Å². The molecule has 3 fully saturated rings. The van der Waals surface area contributed by atoms with Crippen molar-refractivity contribution in [1.29, 1.82) is 0 Å². The number of fused-ring (bicyclic) bond motifs is 6. The highest BCUT2D eigenvalue weighted by Crippen LogP contribution is 2.65. The van der Waals surface area contributed by atoms with Gasteiger partial charge in [0.2, 0.25) is 0 Å². The van der Waals surface area contributed by atoms with E-state index >= 15 is 0 Å². The molecule has 5 rings (SSSR count). The predicted molar refractivity (Wildman–Crippen MR) is 92.2 cm³/mol. The monoisotopic (exact) mass is 326 g/mol. The molecule has 3 heteroatoms. The average Bonchev–Trinajstić information content (AvgIpc) is 3.21. The molecule has 1 heterocycles. The maximum absolute atomic E-state index is 6.19. The van der Waals surface area contributed by atoms with E-state index in [4.69, 9.17) is 14.2 Å². The molecular weight excluding hydrogens is 300 g/mol. The van der Waals surface area contributed by atoms with Crippen molar-refractivity contribution in [1.82, 2.24) is 0 Å². The molecule has 0 bridgehead atoms. The molecule has 128 valence electrons. The lowest BCUT2D eigenvalue weighted by Gasteiger charge is -2.49. The highest BCUT2D eigenvalue weighted by Gasteiger charge is 2.63. The van der Waals surface area contributed by atoms with Crippen molar-refractivity contribution in [3.05, 3.63) is 41.0 Å². The molecule has 1 aromatic carbocycles. The van der Waals surface area contributed by atoms with Gasteiger partial charge < -0.3 is 14.2 Å². The first-order valence-corrected chi connectivity index (χ1v) is 9.31. The molecule has 3 nitrogen and oxygen atoms in total. The summed E-state index contributed by atoms with van der Waals surface area (Å²) in [6.07, 6.45) is 8.16. The van der Waals surface area contributed by atoms with Crippen LogP contribution in [-0.2, 0) is 15.9 Å². The Balaban J connectivity index is 1.52. The van der Waals surface area contributed by atoms with Crippen LogP contribution in [0.15, 0.2) is 29.8 Å². The molecule has 3 unspecified atom stereocenters. The van der Waals surface area contributed by atoms with Gasteiger partial charge in [0, 0.05) is 17.8 Å². The normalized spacial score (nSPS) is 36.0. The second-order valence-corrected chi connectivity index (χ2v) is 8.02. The van der Waals surface area contributed by atoms with E-state index in [2.05, 4.69) is 31.2 Å². The molecule has 1 aliphatic heterocycles. The standard InChI is InChI=1S/C21H26O3/c1-20-9-7-17-16-6-4-15(22-2)13-14(16)3-5-18(17)19(20)8-10-21(20)23-11-12-24-21/h4-6,13,17,19H,3,7-12H2,1-2H3. The molecule has 3 atom stereocenters. The van der Waals surface area contributed by atoms with Gasteiger partial charge in [0.05, 0.1) is 20.3 Å². The summed E-state index contributed by atoms with van der Waals surface area (Å²) in [5, 5.41) is 0. The van der Waals surface area contributed by atoms with Crippen molar-refractivity contribution < 1.29 is 14.2 Å². The third-order valence-electron chi connectivity index (χ3n) is 7.20. The minimum absolute atomic E-state index is 0.135. The van der Waals surface area contributed by atoms with Crippen molar-refractivity contribution in [2.75, 3.05) is 20.3 Å². The molecule has 1 spiro atoms. The summed E-state index contributed by atoms with van der Waals surface area (Å²) in [6.45, 7) is 3.93. The van der Waals surface area contributed by atoms with E-state index in [1.807, 2.05) is 0 Å². The molecule has 0 N–H and O–H groups in total. The molecular formula is C21H26O3. The Hall–Kier alpha value is -1.32. The van der Waals surface area contributed by atoms with Crippen molar-refractivity contribution in [3.63, 3.8) is 0 Å². The molecule has 3 aliphatic carbocycles. The Morgan fingerprint density at radius 1 is 1.12 bits per heavy atom. The van der Waals surface area contributed by atoms with Crippen LogP contribution >= 0.6 is 0 Å². The number of ether oxygens (including phenoxy) is 3. The second-order valence-electron chi connectivity index (χ2n) is 8.02. The van der Waals surface area contributed by atoms with Crippen molar-refractivity contribution in [2.45, 2.75) is 50.7 Å². The fraction of sp³-hybridized carbons (Fsp3) is 0.619. The lowest BCUT2D eigenvalue weighted by atomic mass is 9.59. The van der Waals surface area contributed by atoms with E-state index in [0.717, 1.165) is 31.8 Å². The summed E-state index contributed by atoms with van der Waals surface area (Å²) in [4.78, 5) is 0. The van der Waals surface area contributed by atoms with Gasteiger partial charge in [-0.05, 0) is 54.9 Å². The Morgan fingerprint density at radius 2 is 1.96 bits per heavy atom. The summed E-state index contributed by atoms with van der Waals surface area (Å²) in [5.41, 5.74) is 4.74. The summed E-state index contributed by atoms with van der Waals surface area (Å²) < 4.78 is 17.8. The minimum Gasteiger partial charge on any atom is -0.497 e. The van der Waals surface area contributed by atoms with E-state index < -0.39 is 0 Å². The maximum Gasteiger partial charge on any atom is 0.174 e. The fourth-order valence-corrected chi connectivity index (χ4v) is 5.96. The lowest BCUT2D eigenvalue weighted by Crippen LogP contribution is -2.49. The second kappa shape index (κ2) is 5.09. The Kier molecular flexibility index (Phi) is 3.18. The van der Waals surface area contributed by atoms with Crippen molar-refractivity contribution >= 4 is 0 Å². The van der Waals surface area contributed by atoms with Gasteiger partial charge in [0.25, 0.3) is 0 Å². The Morgan fingerprint density at radius 3 is 2.75 bits per heavy atom. The van der Waals surface area contributed by atoms with Crippen LogP contribution in [0.1, 0.15) is 49.7 Å². The Bertz CT molecular complexity index is 701. The first-order chi connectivity index (χ1) is 11.7. The largest absolute Gasteiger partial charge is 0.497 e. The number of rotatable bonds is 1. The molecule has 0 radical (unpaired) electrons. The van der Waals surface area contributed by atoms with Gasteiger partial charge in [-0.2, -0.15) is 0 Å². The van der Waals surface area contributed by atoms with E-state index in [0.29, 0.717) is 11.8 Å². The zero-order valence-electron chi connectivity index (χ0n) is 14.6. The van der Waals surface area contributed by atoms with Crippen LogP contribution in [0.4, 0.5) is 0 Å². The zero-order valence-corrected chi connectivity index (χ0v) is 14.6. The van der Waals surface area contributed by atoms with Crippen LogP contribution < -0.4 is 4.74 Å². The van der Waals surface area contributed by atoms with E-state index in [9.17, 15) is 0 Å². The molecule has 0 amide bonds. The van der Waals surface area contributed by atoms with Crippen LogP contribution in [0.3, 0.4) is 0 Å². The molecule has 24 heavy (non-hydrogen) atoms. The number of hydrogen-bond acceptors (Lipinski definition) is 3. The van der Waals surface area contributed by atoms with Crippen LogP contribution in [0.25, 0.3) is 0 Å².